The van der Waals surface area contributed by atoms with E-state index in [1.54, 1.807) is 0 Å². The zero-order valence-corrected chi connectivity index (χ0v) is 6.33. The molecule has 0 aromatic rings. The van der Waals surface area contributed by atoms with Crippen molar-refractivity contribution in [2.24, 2.45) is 0 Å². The smallest absolute Gasteiger partial charge is 0.00933 e. The zero-order chi connectivity index (χ0) is 6.41. The molecule has 0 amide bonds. The molecule has 2 heteroatoms. The van der Waals surface area contributed by atoms with Gasteiger partial charge >= 0.3 is 0 Å². The van der Waals surface area contributed by atoms with Crippen LogP contribution < -0.4 is 4.72 Å². The highest BCUT2D eigenvalue weighted by atomic mass is 32.1. The SMILES string of the molecule is CC=C(C)CCNS. The minimum atomic E-state index is 0.958. The lowest BCUT2D eigenvalue weighted by atomic mass is 10.2. The van der Waals surface area contributed by atoms with Gasteiger partial charge in [-0.25, -0.2) is 0 Å². The first-order chi connectivity index (χ1) is 3.81. The van der Waals surface area contributed by atoms with E-state index in [4.69, 9.17) is 0 Å². The normalized spacial score (nSPS) is 12.1. The number of rotatable bonds is 3. The zero-order valence-electron chi connectivity index (χ0n) is 5.44. The predicted octanol–water partition coefficient (Wildman–Crippen LogP) is 1.78. The van der Waals surface area contributed by atoms with E-state index in [0.29, 0.717) is 0 Å². The highest BCUT2D eigenvalue weighted by molar-refractivity contribution is 7.78. The van der Waals surface area contributed by atoms with Gasteiger partial charge in [0.05, 0.1) is 0 Å². The molecule has 0 aromatic heterocycles. The molecule has 0 radical (unpaired) electrons. The quantitative estimate of drug-likeness (QED) is 0.439. The predicted molar refractivity (Wildman–Crippen MR) is 41.0 cm³/mol. The molecule has 0 fully saturated rings. The molecule has 0 aliphatic carbocycles. The first-order valence-corrected chi connectivity index (χ1v) is 3.24. The number of nitrogens with one attached hydrogen (secondary N) is 1. The lowest BCUT2D eigenvalue weighted by Crippen LogP contribution is -2.00. The van der Waals surface area contributed by atoms with Crippen molar-refractivity contribution in [1.29, 1.82) is 0 Å². The minimum Gasteiger partial charge on any atom is -0.266 e. The Morgan fingerprint density at radius 3 is 2.75 bits per heavy atom. The van der Waals surface area contributed by atoms with Crippen molar-refractivity contribution < 1.29 is 0 Å². The molecular weight excluding hydrogens is 118 g/mol. The van der Waals surface area contributed by atoms with Crippen LogP contribution in [0.5, 0.6) is 0 Å². The first kappa shape index (κ1) is 8.05. The van der Waals surface area contributed by atoms with Gasteiger partial charge in [0.25, 0.3) is 0 Å². The highest BCUT2D eigenvalue weighted by Crippen LogP contribution is 1.95. The van der Waals surface area contributed by atoms with E-state index >= 15 is 0 Å². The largest absolute Gasteiger partial charge is 0.266 e. The van der Waals surface area contributed by atoms with Crippen molar-refractivity contribution in [3.05, 3.63) is 11.6 Å². The summed E-state index contributed by atoms with van der Waals surface area (Å²) in [6, 6.07) is 0. The Bertz CT molecular complexity index is 78.6. The molecule has 0 aliphatic heterocycles. The molecule has 48 valence electrons. The van der Waals surface area contributed by atoms with Crippen molar-refractivity contribution >= 4 is 12.8 Å². The molecule has 0 saturated carbocycles. The second-order valence-electron chi connectivity index (χ2n) is 1.79. The molecule has 0 heterocycles. The van der Waals surface area contributed by atoms with Gasteiger partial charge in [-0.05, 0) is 20.3 Å². The summed E-state index contributed by atoms with van der Waals surface area (Å²) in [6.07, 6.45) is 3.21. The lowest BCUT2D eigenvalue weighted by Gasteiger charge is -1.95. The van der Waals surface area contributed by atoms with Gasteiger partial charge in [0.1, 0.15) is 0 Å². The second-order valence-corrected chi connectivity index (χ2v) is 2.11. The molecule has 0 rings (SSSR count). The van der Waals surface area contributed by atoms with Gasteiger partial charge in [-0.3, -0.25) is 4.72 Å². The minimum absolute atomic E-state index is 0.958. The van der Waals surface area contributed by atoms with Crippen molar-refractivity contribution in [3.8, 4) is 0 Å². The van der Waals surface area contributed by atoms with Crippen LogP contribution in [0.25, 0.3) is 0 Å². The molecule has 0 unspecified atom stereocenters. The van der Waals surface area contributed by atoms with Gasteiger partial charge in [-0.15, -0.1) is 0 Å². The molecule has 0 aromatic carbocycles. The van der Waals surface area contributed by atoms with Gasteiger partial charge in [0.2, 0.25) is 0 Å². The van der Waals surface area contributed by atoms with E-state index in [-0.39, 0.29) is 0 Å². The number of allylic oxidation sites excluding steroid dienone is 1. The molecule has 0 atom stereocenters. The Kier molecular flexibility index (Phi) is 5.22. The van der Waals surface area contributed by atoms with Gasteiger partial charge < -0.3 is 0 Å². The number of hydrogen-bond donors (Lipinski definition) is 2. The summed E-state index contributed by atoms with van der Waals surface area (Å²) in [6.45, 7) is 5.12. The van der Waals surface area contributed by atoms with Gasteiger partial charge in [0, 0.05) is 6.54 Å². The van der Waals surface area contributed by atoms with Crippen LogP contribution in [0.15, 0.2) is 11.6 Å². The van der Waals surface area contributed by atoms with E-state index < -0.39 is 0 Å². The van der Waals surface area contributed by atoms with Crippen molar-refractivity contribution in [3.63, 3.8) is 0 Å². The lowest BCUT2D eigenvalue weighted by molar-refractivity contribution is 0.898. The molecule has 0 bridgehead atoms. The standard InChI is InChI=1S/C6H13NS/c1-3-6(2)4-5-7-8/h3,7-8H,4-5H2,1-2H3. The summed E-state index contributed by atoms with van der Waals surface area (Å²) < 4.78 is 2.79. The summed E-state index contributed by atoms with van der Waals surface area (Å²) in [7, 11) is 0. The van der Waals surface area contributed by atoms with Crippen LogP contribution in [0.3, 0.4) is 0 Å². The van der Waals surface area contributed by atoms with E-state index in [2.05, 4.69) is 30.5 Å². The van der Waals surface area contributed by atoms with Crippen LogP contribution in [0, 0.1) is 0 Å². The summed E-state index contributed by atoms with van der Waals surface area (Å²) in [4.78, 5) is 0. The van der Waals surface area contributed by atoms with E-state index in [1.807, 2.05) is 6.92 Å². The number of hydrogen-bond acceptors (Lipinski definition) is 2. The molecule has 1 N–H and O–H groups in total. The van der Waals surface area contributed by atoms with E-state index in [9.17, 15) is 0 Å². The van der Waals surface area contributed by atoms with Crippen molar-refractivity contribution in [1.82, 2.24) is 4.72 Å². The summed E-state index contributed by atoms with van der Waals surface area (Å²) in [5.74, 6) is 0. The Morgan fingerprint density at radius 1 is 1.75 bits per heavy atom. The van der Waals surface area contributed by atoms with Crippen LogP contribution in [-0.4, -0.2) is 6.54 Å². The van der Waals surface area contributed by atoms with Gasteiger partial charge in [-0.1, -0.05) is 24.5 Å². The van der Waals surface area contributed by atoms with Crippen LogP contribution in [-0.2, 0) is 0 Å². The maximum absolute atomic E-state index is 3.86. The summed E-state index contributed by atoms with van der Waals surface area (Å²) >= 11 is 3.86. The fourth-order valence-electron chi connectivity index (χ4n) is 0.397. The first-order valence-electron chi connectivity index (χ1n) is 2.80. The molecule has 1 nitrogen and oxygen atoms in total. The molecule has 8 heavy (non-hydrogen) atoms. The van der Waals surface area contributed by atoms with Crippen LogP contribution in [0.4, 0.5) is 0 Å². The second kappa shape index (κ2) is 5.19. The third kappa shape index (κ3) is 4.22. The average Bonchev–Trinajstić information content (AvgIpc) is 1.83. The topological polar surface area (TPSA) is 12.0 Å². The van der Waals surface area contributed by atoms with Crippen molar-refractivity contribution in [2.75, 3.05) is 6.54 Å². The summed E-state index contributed by atoms with van der Waals surface area (Å²) in [5.41, 5.74) is 1.41. The van der Waals surface area contributed by atoms with Gasteiger partial charge in [-0.2, -0.15) is 0 Å². The van der Waals surface area contributed by atoms with Gasteiger partial charge in [0.15, 0.2) is 0 Å². The van der Waals surface area contributed by atoms with Crippen LogP contribution in [0.2, 0.25) is 0 Å². The Morgan fingerprint density at radius 2 is 2.38 bits per heavy atom. The van der Waals surface area contributed by atoms with Crippen LogP contribution >= 0.6 is 12.8 Å². The molecule has 0 aliphatic rings. The van der Waals surface area contributed by atoms with Crippen molar-refractivity contribution in [2.45, 2.75) is 20.3 Å². The number of thiol groups is 1. The van der Waals surface area contributed by atoms with E-state index in [1.165, 1.54) is 5.57 Å². The monoisotopic (exact) mass is 131 g/mol. The van der Waals surface area contributed by atoms with E-state index in [0.717, 1.165) is 13.0 Å². The summed E-state index contributed by atoms with van der Waals surface area (Å²) in [5, 5.41) is 0. The molecular formula is C6H13NS. The maximum atomic E-state index is 3.86. The van der Waals surface area contributed by atoms with Crippen LogP contribution in [0.1, 0.15) is 20.3 Å². The highest BCUT2D eigenvalue weighted by Gasteiger charge is 1.83. The Labute approximate surface area is 56.7 Å². The molecule has 0 saturated heterocycles. The Balaban J connectivity index is 3.12. The fourth-order valence-corrected chi connectivity index (χ4v) is 0.509. The third-order valence-corrected chi connectivity index (χ3v) is 1.35. The maximum Gasteiger partial charge on any atom is 0.00933 e. The third-order valence-electron chi connectivity index (χ3n) is 1.12. The average molecular weight is 131 g/mol. The Hall–Kier alpha value is 0.0500. The fraction of sp³-hybridized carbons (Fsp3) is 0.667. The molecule has 0 spiro atoms.